The van der Waals surface area contributed by atoms with Gasteiger partial charge >= 0.3 is 0 Å². The number of aromatic nitrogens is 1. The Morgan fingerprint density at radius 3 is 2.52 bits per heavy atom. The van der Waals surface area contributed by atoms with Crippen LogP contribution in [0.3, 0.4) is 0 Å². The van der Waals surface area contributed by atoms with Gasteiger partial charge in [0.05, 0.1) is 26.7 Å². The van der Waals surface area contributed by atoms with Crippen LogP contribution in [0.1, 0.15) is 32.2 Å². The first kappa shape index (κ1) is 23.2. The van der Waals surface area contributed by atoms with E-state index in [9.17, 15) is 13.2 Å². The van der Waals surface area contributed by atoms with Gasteiger partial charge < -0.3 is 10.1 Å². The molecule has 0 aliphatic heterocycles. The number of hydrogen-bond donors (Lipinski definition) is 2. The average Bonchev–Trinajstić information content (AvgIpc) is 3.08. The molecule has 2 N–H and O–H groups in total. The molecule has 0 saturated carbocycles. The Kier molecular flexibility index (Phi) is 7.30. The molecule has 0 radical (unpaired) electrons. The Morgan fingerprint density at radius 2 is 1.87 bits per heavy atom. The fraction of sp³-hybridized carbons (Fsp3) is 0.364. The molecule has 0 saturated heterocycles. The summed E-state index contributed by atoms with van der Waals surface area (Å²) in [6.07, 6.45) is 0.365. The molecular weight excluding hydrogens is 434 g/mol. The quantitative estimate of drug-likeness (QED) is 0.494. The molecule has 7 nitrogen and oxygen atoms in total. The van der Waals surface area contributed by atoms with Crippen molar-refractivity contribution < 1.29 is 17.9 Å². The van der Waals surface area contributed by atoms with Crippen LogP contribution in [0.15, 0.2) is 47.4 Å². The van der Waals surface area contributed by atoms with Gasteiger partial charge in [-0.15, -0.1) is 11.3 Å². The number of sulfonamides is 1. The third kappa shape index (κ3) is 6.03. The fourth-order valence-electron chi connectivity index (χ4n) is 3.15. The van der Waals surface area contributed by atoms with Gasteiger partial charge in [0, 0.05) is 5.69 Å². The summed E-state index contributed by atoms with van der Waals surface area (Å²) in [5, 5.41) is 3.66. The third-order valence-electron chi connectivity index (χ3n) is 4.53. The number of ether oxygens (including phenoxy) is 1. The minimum Gasteiger partial charge on any atom is -0.494 e. The predicted octanol–water partition coefficient (Wildman–Crippen LogP) is 4.34. The number of anilines is 1. The highest BCUT2D eigenvalue weighted by atomic mass is 32.2. The van der Waals surface area contributed by atoms with Crippen LogP contribution in [0.2, 0.25) is 0 Å². The van der Waals surface area contributed by atoms with E-state index in [0.717, 1.165) is 15.2 Å². The van der Waals surface area contributed by atoms with Crippen LogP contribution in [-0.2, 0) is 14.8 Å². The highest BCUT2D eigenvalue weighted by molar-refractivity contribution is 7.89. The van der Waals surface area contributed by atoms with E-state index in [4.69, 9.17) is 4.74 Å². The van der Waals surface area contributed by atoms with Crippen molar-refractivity contribution in [3.05, 3.63) is 47.5 Å². The Bertz CT molecular complexity index is 1160. The fourth-order valence-corrected chi connectivity index (χ4v) is 5.33. The zero-order valence-corrected chi connectivity index (χ0v) is 19.6. The summed E-state index contributed by atoms with van der Waals surface area (Å²) in [7, 11) is -3.89. The number of rotatable bonds is 9. The van der Waals surface area contributed by atoms with Gasteiger partial charge in [-0.2, -0.15) is 4.72 Å². The molecule has 166 valence electrons. The number of nitrogens with one attached hydrogen (secondary N) is 2. The van der Waals surface area contributed by atoms with Gasteiger partial charge in [0.2, 0.25) is 15.9 Å². The maximum atomic E-state index is 13.0. The van der Waals surface area contributed by atoms with Gasteiger partial charge in [-0.05, 0) is 68.7 Å². The second-order valence-electron chi connectivity index (χ2n) is 7.61. The van der Waals surface area contributed by atoms with Crippen LogP contribution in [0.25, 0.3) is 10.2 Å². The van der Waals surface area contributed by atoms with Crippen LogP contribution in [0.5, 0.6) is 5.75 Å². The predicted molar refractivity (Wildman–Crippen MR) is 124 cm³/mol. The lowest BCUT2D eigenvalue weighted by Gasteiger charge is -2.20. The van der Waals surface area contributed by atoms with Gasteiger partial charge in [0.15, 0.2) is 0 Å². The molecule has 0 aliphatic rings. The molecule has 0 aliphatic carbocycles. The molecule has 0 spiro atoms. The molecule has 1 aromatic heterocycles. The van der Waals surface area contributed by atoms with Crippen molar-refractivity contribution >= 4 is 43.2 Å². The lowest BCUT2D eigenvalue weighted by Crippen LogP contribution is -2.44. The molecule has 0 unspecified atom stereocenters. The normalized spacial score (nSPS) is 12.8. The van der Waals surface area contributed by atoms with Crippen molar-refractivity contribution in [1.82, 2.24) is 9.71 Å². The second kappa shape index (κ2) is 9.76. The maximum Gasteiger partial charge on any atom is 0.242 e. The first-order chi connectivity index (χ1) is 14.7. The van der Waals surface area contributed by atoms with Crippen LogP contribution >= 0.6 is 11.3 Å². The summed E-state index contributed by atoms with van der Waals surface area (Å²) < 4.78 is 34.8. The van der Waals surface area contributed by atoms with E-state index in [1.54, 1.807) is 36.4 Å². The van der Waals surface area contributed by atoms with Gasteiger partial charge in [-0.25, -0.2) is 13.4 Å². The molecule has 9 heteroatoms. The number of thiazole rings is 1. The zero-order valence-electron chi connectivity index (χ0n) is 18.0. The molecule has 1 heterocycles. The van der Waals surface area contributed by atoms with Crippen LogP contribution in [0, 0.1) is 12.8 Å². The van der Waals surface area contributed by atoms with Gasteiger partial charge in [0.25, 0.3) is 0 Å². The first-order valence-corrected chi connectivity index (χ1v) is 12.4. The number of aryl methyl sites for hydroxylation is 1. The van der Waals surface area contributed by atoms with Crippen molar-refractivity contribution in [3.63, 3.8) is 0 Å². The van der Waals surface area contributed by atoms with Crippen LogP contribution in [0.4, 0.5) is 5.69 Å². The lowest BCUT2D eigenvalue weighted by atomic mass is 10.0. The molecule has 1 atom stereocenters. The van der Waals surface area contributed by atoms with E-state index >= 15 is 0 Å². The van der Waals surface area contributed by atoms with Crippen molar-refractivity contribution in [2.24, 2.45) is 5.92 Å². The minimum absolute atomic E-state index is 0.116. The summed E-state index contributed by atoms with van der Waals surface area (Å²) >= 11 is 1.43. The Hall–Kier alpha value is -2.49. The second-order valence-corrected chi connectivity index (χ2v) is 10.6. The van der Waals surface area contributed by atoms with Crippen molar-refractivity contribution in [2.45, 2.75) is 45.1 Å². The minimum atomic E-state index is -3.89. The van der Waals surface area contributed by atoms with Crippen molar-refractivity contribution in [3.8, 4) is 5.75 Å². The zero-order chi connectivity index (χ0) is 22.6. The number of carbonyl (C=O) groups excluding carboxylic acids is 1. The first-order valence-electron chi connectivity index (χ1n) is 10.1. The average molecular weight is 462 g/mol. The van der Waals surface area contributed by atoms with Crippen LogP contribution in [-0.4, -0.2) is 32.0 Å². The smallest absolute Gasteiger partial charge is 0.242 e. The largest absolute Gasteiger partial charge is 0.494 e. The summed E-state index contributed by atoms with van der Waals surface area (Å²) in [4.78, 5) is 17.4. The summed E-state index contributed by atoms with van der Waals surface area (Å²) in [6.45, 7) is 8.21. The van der Waals surface area contributed by atoms with E-state index in [0.29, 0.717) is 24.5 Å². The Balaban J connectivity index is 1.79. The van der Waals surface area contributed by atoms with Crippen molar-refractivity contribution in [1.29, 1.82) is 0 Å². The van der Waals surface area contributed by atoms with Crippen LogP contribution < -0.4 is 14.8 Å². The monoisotopic (exact) mass is 461 g/mol. The molecule has 2 aromatic carbocycles. The molecule has 0 bridgehead atoms. The SMILES string of the molecule is CCOc1ccc(NC(=O)[C@H](CC(C)C)NS(=O)(=O)c2ccc3nc(C)sc3c2)cc1. The number of benzene rings is 2. The summed E-state index contributed by atoms with van der Waals surface area (Å²) in [6, 6.07) is 10.9. The number of nitrogens with zero attached hydrogens (tertiary/aromatic N) is 1. The number of hydrogen-bond acceptors (Lipinski definition) is 6. The molecular formula is C22H27N3O4S2. The number of amides is 1. The topological polar surface area (TPSA) is 97.4 Å². The highest BCUT2D eigenvalue weighted by Gasteiger charge is 2.27. The van der Waals surface area contributed by atoms with E-state index in [1.165, 1.54) is 17.4 Å². The summed E-state index contributed by atoms with van der Waals surface area (Å²) in [5.41, 5.74) is 1.33. The maximum absolute atomic E-state index is 13.0. The van der Waals surface area contributed by atoms with Gasteiger partial charge in [-0.1, -0.05) is 13.8 Å². The molecule has 3 aromatic rings. The highest BCUT2D eigenvalue weighted by Crippen LogP contribution is 2.25. The molecule has 3 rings (SSSR count). The van der Waals surface area contributed by atoms with E-state index in [2.05, 4.69) is 15.0 Å². The Morgan fingerprint density at radius 1 is 1.16 bits per heavy atom. The Labute approximate surface area is 186 Å². The van der Waals surface area contributed by atoms with E-state index < -0.39 is 22.0 Å². The lowest BCUT2D eigenvalue weighted by molar-refractivity contribution is -0.118. The van der Waals surface area contributed by atoms with E-state index in [1.807, 2.05) is 27.7 Å². The van der Waals surface area contributed by atoms with Gasteiger partial charge in [-0.3, -0.25) is 4.79 Å². The standard InChI is InChI=1S/C22H27N3O4S2/c1-5-29-17-8-6-16(7-9-17)24-22(26)20(12-14(2)3)25-31(27,28)18-10-11-19-21(13-18)30-15(4)23-19/h6-11,13-14,20,25H,5,12H2,1-4H3,(H,24,26)/t20-/m0/s1. The molecule has 0 fully saturated rings. The van der Waals surface area contributed by atoms with Gasteiger partial charge in [0.1, 0.15) is 11.8 Å². The van der Waals surface area contributed by atoms with Crippen molar-refractivity contribution in [2.75, 3.05) is 11.9 Å². The molecule has 1 amide bonds. The number of fused-ring (bicyclic) bond motifs is 1. The molecule has 31 heavy (non-hydrogen) atoms. The summed E-state index contributed by atoms with van der Waals surface area (Å²) in [5.74, 6) is 0.412. The third-order valence-corrected chi connectivity index (χ3v) is 6.93. The van der Waals surface area contributed by atoms with E-state index in [-0.39, 0.29) is 10.8 Å². The number of carbonyl (C=O) groups is 1.